The Morgan fingerprint density at radius 1 is 0.968 bits per heavy atom. The highest BCUT2D eigenvalue weighted by Crippen LogP contribution is 2.27. The topological polar surface area (TPSA) is 52.6 Å². The summed E-state index contributed by atoms with van der Waals surface area (Å²) >= 11 is 1.65. The van der Waals surface area contributed by atoms with Gasteiger partial charge >= 0.3 is 0 Å². The van der Waals surface area contributed by atoms with Crippen LogP contribution in [-0.2, 0) is 11.2 Å². The molecule has 2 aliphatic heterocycles. The molecule has 0 aliphatic carbocycles. The lowest BCUT2D eigenvalue weighted by molar-refractivity contribution is -0.133. The van der Waals surface area contributed by atoms with E-state index in [1.807, 2.05) is 0 Å². The number of amides is 1. The number of rotatable bonds is 5. The third-order valence-electron chi connectivity index (χ3n) is 6.61. The van der Waals surface area contributed by atoms with Gasteiger partial charge < -0.3 is 9.80 Å². The molecule has 0 bridgehead atoms. The van der Waals surface area contributed by atoms with Gasteiger partial charge in [-0.1, -0.05) is 30.3 Å². The number of thiophene rings is 1. The van der Waals surface area contributed by atoms with Gasteiger partial charge in [-0.2, -0.15) is 0 Å². The van der Waals surface area contributed by atoms with Crippen molar-refractivity contribution in [2.45, 2.75) is 19.3 Å². The molecule has 0 N–H and O–H groups in total. The summed E-state index contributed by atoms with van der Waals surface area (Å²) < 4.78 is 0. The highest BCUT2D eigenvalue weighted by molar-refractivity contribution is 7.16. The van der Waals surface area contributed by atoms with Gasteiger partial charge in [0, 0.05) is 39.3 Å². The number of likely N-dealkylation sites (tertiary alicyclic amines) is 1. The minimum absolute atomic E-state index is 0.286. The summed E-state index contributed by atoms with van der Waals surface area (Å²) in [5.74, 6) is 2.00. The number of carbonyl (C=O) groups is 1. The number of fused-ring (bicyclic) bond motifs is 1. The molecule has 0 saturated carbocycles. The summed E-state index contributed by atoms with van der Waals surface area (Å²) in [4.78, 5) is 29.5. The maximum Gasteiger partial charge on any atom is 0.236 e. The van der Waals surface area contributed by atoms with Crippen LogP contribution in [0.25, 0.3) is 10.2 Å². The summed E-state index contributed by atoms with van der Waals surface area (Å²) in [6.45, 7) is 5.91. The molecule has 2 aliphatic rings. The third-order valence-corrected chi connectivity index (χ3v) is 7.43. The lowest BCUT2D eigenvalue weighted by Gasteiger charge is -2.37. The molecule has 31 heavy (non-hydrogen) atoms. The number of carbonyl (C=O) groups excluding carboxylic acids is 1. The molecule has 162 valence electrons. The minimum atomic E-state index is 0.286. The van der Waals surface area contributed by atoms with E-state index in [1.54, 1.807) is 17.7 Å². The Morgan fingerprint density at radius 3 is 2.52 bits per heavy atom. The van der Waals surface area contributed by atoms with E-state index in [2.05, 4.69) is 66.4 Å². The van der Waals surface area contributed by atoms with Gasteiger partial charge in [0.05, 0.1) is 11.9 Å². The Bertz CT molecular complexity index is 1010. The smallest absolute Gasteiger partial charge is 0.236 e. The van der Waals surface area contributed by atoms with Gasteiger partial charge in [0.1, 0.15) is 17.0 Å². The van der Waals surface area contributed by atoms with Crippen molar-refractivity contribution in [1.29, 1.82) is 0 Å². The maximum absolute atomic E-state index is 12.9. The van der Waals surface area contributed by atoms with Crippen LogP contribution in [0, 0.1) is 5.92 Å². The first kappa shape index (κ1) is 20.4. The van der Waals surface area contributed by atoms with Crippen molar-refractivity contribution < 1.29 is 4.79 Å². The molecular formula is C24H29N5OS. The molecule has 1 aromatic carbocycles. The number of nitrogens with zero attached hydrogens (tertiary/aromatic N) is 5. The zero-order valence-corrected chi connectivity index (χ0v) is 18.6. The van der Waals surface area contributed by atoms with Crippen LogP contribution in [0.1, 0.15) is 18.4 Å². The second kappa shape index (κ2) is 9.32. The van der Waals surface area contributed by atoms with Crippen LogP contribution in [0.15, 0.2) is 48.1 Å². The Kier molecular flexibility index (Phi) is 6.13. The zero-order chi connectivity index (χ0) is 21.0. The standard InChI is InChI=1S/C24H29N5OS/c30-22(28-9-6-20(7-10-28)16-19-4-2-1-3-5-19)17-27-11-13-29(14-12-27)23-21-8-15-31-24(21)26-18-25-23/h1-5,8,15,18,20H,6-7,9-14,16-17H2. The van der Waals surface area contributed by atoms with E-state index in [9.17, 15) is 4.79 Å². The summed E-state index contributed by atoms with van der Waals surface area (Å²) in [7, 11) is 0. The van der Waals surface area contributed by atoms with Crippen molar-refractivity contribution in [3.63, 3.8) is 0 Å². The summed E-state index contributed by atoms with van der Waals surface area (Å²) in [5.41, 5.74) is 1.41. The number of piperazine rings is 1. The molecule has 6 nitrogen and oxygen atoms in total. The third kappa shape index (κ3) is 4.72. The Balaban J connectivity index is 1.09. The van der Waals surface area contributed by atoms with Crippen molar-refractivity contribution in [3.05, 3.63) is 53.7 Å². The van der Waals surface area contributed by atoms with Gasteiger partial charge in [0.15, 0.2) is 0 Å². The first-order valence-electron chi connectivity index (χ1n) is 11.2. The Hall–Kier alpha value is -2.51. The fraction of sp³-hybridized carbons (Fsp3) is 0.458. The highest BCUT2D eigenvalue weighted by Gasteiger charge is 2.26. The molecular weight excluding hydrogens is 406 g/mol. The van der Waals surface area contributed by atoms with Gasteiger partial charge in [-0.25, -0.2) is 9.97 Å². The second-order valence-corrected chi connectivity index (χ2v) is 9.51. The normalized spacial score (nSPS) is 18.6. The highest BCUT2D eigenvalue weighted by atomic mass is 32.1. The molecule has 4 heterocycles. The Labute approximate surface area is 187 Å². The summed E-state index contributed by atoms with van der Waals surface area (Å²) in [5, 5.41) is 3.20. The molecule has 2 fully saturated rings. The van der Waals surface area contributed by atoms with Crippen LogP contribution in [0.3, 0.4) is 0 Å². The lowest BCUT2D eigenvalue weighted by Crippen LogP contribution is -2.51. The molecule has 0 atom stereocenters. The Morgan fingerprint density at radius 2 is 1.74 bits per heavy atom. The number of hydrogen-bond donors (Lipinski definition) is 0. The molecule has 2 aromatic heterocycles. The first-order chi connectivity index (χ1) is 15.3. The van der Waals surface area contributed by atoms with Crippen LogP contribution in [0.4, 0.5) is 5.82 Å². The summed E-state index contributed by atoms with van der Waals surface area (Å²) in [6, 6.07) is 12.8. The average Bonchev–Trinajstić information content (AvgIpc) is 3.30. The van der Waals surface area contributed by atoms with Gasteiger partial charge in [-0.05, 0) is 42.2 Å². The second-order valence-electron chi connectivity index (χ2n) is 8.61. The predicted octanol–water partition coefficient (Wildman–Crippen LogP) is 3.29. The van der Waals surface area contributed by atoms with Crippen molar-refractivity contribution in [3.8, 4) is 0 Å². The van der Waals surface area contributed by atoms with Crippen molar-refractivity contribution in [2.24, 2.45) is 5.92 Å². The number of hydrogen-bond acceptors (Lipinski definition) is 6. The summed E-state index contributed by atoms with van der Waals surface area (Å²) in [6.07, 6.45) is 5.01. The van der Waals surface area contributed by atoms with E-state index in [4.69, 9.17) is 0 Å². The zero-order valence-electron chi connectivity index (χ0n) is 17.8. The molecule has 7 heteroatoms. The van der Waals surface area contributed by atoms with Gasteiger partial charge in [-0.3, -0.25) is 9.69 Å². The van der Waals surface area contributed by atoms with Crippen LogP contribution in [-0.4, -0.2) is 71.5 Å². The van der Waals surface area contributed by atoms with Crippen molar-refractivity contribution in [1.82, 2.24) is 19.8 Å². The molecule has 0 spiro atoms. The first-order valence-corrected chi connectivity index (χ1v) is 12.1. The molecule has 3 aromatic rings. The van der Waals surface area contributed by atoms with Gasteiger partial charge in [-0.15, -0.1) is 11.3 Å². The van der Waals surface area contributed by atoms with Crippen molar-refractivity contribution >= 4 is 33.3 Å². The molecule has 2 saturated heterocycles. The number of benzene rings is 1. The predicted molar refractivity (Wildman–Crippen MR) is 126 cm³/mol. The number of piperidine rings is 1. The van der Waals surface area contributed by atoms with E-state index in [1.165, 1.54) is 5.56 Å². The molecule has 0 radical (unpaired) electrons. The van der Waals surface area contributed by atoms with Crippen LogP contribution >= 0.6 is 11.3 Å². The SMILES string of the molecule is O=C(CN1CCN(c2ncnc3sccc23)CC1)N1CCC(Cc2ccccc2)CC1. The maximum atomic E-state index is 12.9. The van der Waals surface area contributed by atoms with E-state index >= 15 is 0 Å². The van der Waals surface area contributed by atoms with Crippen LogP contribution in [0.5, 0.6) is 0 Å². The number of anilines is 1. The molecule has 1 amide bonds. The van der Waals surface area contributed by atoms with Gasteiger partial charge in [0.25, 0.3) is 0 Å². The quantitative estimate of drug-likeness (QED) is 0.616. The van der Waals surface area contributed by atoms with E-state index in [0.717, 1.165) is 74.6 Å². The number of aromatic nitrogens is 2. The molecule has 0 unspecified atom stereocenters. The average molecular weight is 436 g/mol. The monoisotopic (exact) mass is 435 g/mol. The van der Waals surface area contributed by atoms with Gasteiger partial charge in [0.2, 0.25) is 5.91 Å². The van der Waals surface area contributed by atoms with Crippen molar-refractivity contribution in [2.75, 3.05) is 50.7 Å². The fourth-order valence-corrected chi connectivity index (χ4v) is 5.50. The lowest BCUT2D eigenvalue weighted by atomic mass is 9.90. The largest absolute Gasteiger partial charge is 0.353 e. The van der Waals surface area contributed by atoms with Crippen LogP contribution < -0.4 is 4.90 Å². The fourth-order valence-electron chi connectivity index (χ4n) is 4.77. The van der Waals surface area contributed by atoms with E-state index < -0.39 is 0 Å². The van der Waals surface area contributed by atoms with E-state index in [-0.39, 0.29) is 5.91 Å². The minimum Gasteiger partial charge on any atom is -0.353 e. The van der Waals surface area contributed by atoms with Crippen LogP contribution in [0.2, 0.25) is 0 Å². The van der Waals surface area contributed by atoms with E-state index in [0.29, 0.717) is 12.5 Å². The molecule has 5 rings (SSSR count).